The monoisotopic (exact) mass is 376 g/mol. The summed E-state index contributed by atoms with van der Waals surface area (Å²) in [6, 6.07) is 12.9. The third-order valence-electron chi connectivity index (χ3n) is 4.99. The van der Waals surface area contributed by atoms with Gasteiger partial charge in [0, 0.05) is 12.2 Å². The number of hydrogen-bond donors (Lipinski definition) is 0. The first-order valence-electron chi connectivity index (χ1n) is 9.34. The van der Waals surface area contributed by atoms with Crippen molar-refractivity contribution in [2.24, 2.45) is 0 Å². The highest BCUT2D eigenvalue weighted by Crippen LogP contribution is 2.23. The first-order chi connectivity index (χ1) is 13.6. The average molecular weight is 376 g/mol. The Morgan fingerprint density at radius 3 is 1.54 bits per heavy atom. The van der Waals surface area contributed by atoms with Crippen LogP contribution in [-0.2, 0) is 44.7 Å². The minimum absolute atomic E-state index is 0.359. The normalized spacial score (nSPS) is 13.5. The van der Waals surface area contributed by atoms with Crippen molar-refractivity contribution in [2.75, 3.05) is 14.2 Å². The molecule has 0 atom stereocenters. The van der Waals surface area contributed by atoms with E-state index < -0.39 is 0 Å². The molecule has 0 saturated heterocycles. The van der Waals surface area contributed by atoms with Gasteiger partial charge in [-0.3, -0.25) is 0 Å². The van der Waals surface area contributed by atoms with E-state index in [0.717, 1.165) is 36.8 Å². The van der Waals surface area contributed by atoms with E-state index in [4.69, 9.17) is 9.47 Å². The molecule has 0 amide bonds. The van der Waals surface area contributed by atoms with Crippen LogP contribution in [0.2, 0.25) is 0 Å². The molecular formula is C24H24O4. The zero-order chi connectivity index (χ0) is 19.9. The van der Waals surface area contributed by atoms with Crippen molar-refractivity contribution in [1.82, 2.24) is 0 Å². The third-order valence-corrected chi connectivity index (χ3v) is 4.99. The molecule has 4 nitrogen and oxygen atoms in total. The van der Waals surface area contributed by atoms with Crippen LogP contribution in [0.4, 0.5) is 0 Å². The lowest BCUT2D eigenvalue weighted by molar-refractivity contribution is -0.135. The molecule has 4 aliphatic rings. The predicted molar refractivity (Wildman–Crippen MR) is 110 cm³/mol. The Labute approximate surface area is 165 Å². The summed E-state index contributed by atoms with van der Waals surface area (Å²) in [6.45, 7) is 0. The molecule has 0 N–H and O–H groups in total. The van der Waals surface area contributed by atoms with E-state index >= 15 is 0 Å². The average Bonchev–Trinajstić information content (AvgIpc) is 2.72. The number of carbonyl (C=O) groups excluding carboxylic acids is 2. The van der Waals surface area contributed by atoms with E-state index in [1.54, 1.807) is 0 Å². The van der Waals surface area contributed by atoms with Crippen molar-refractivity contribution in [3.63, 3.8) is 0 Å². The molecule has 144 valence electrons. The van der Waals surface area contributed by atoms with Crippen LogP contribution in [0, 0.1) is 0 Å². The smallest absolute Gasteiger partial charge is 0.330 e. The molecule has 2 aromatic rings. The number of rotatable bonds is 4. The minimum atomic E-state index is -0.359. The van der Waals surface area contributed by atoms with Gasteiger partial charge in [-0.2, -0.15) is 0 Å². The number of methoxy groups -OCH3 is 2. The van der Waals surface area contributed by atoms with E-state index in [9.17, 15) is 9.59 Å². The molecule has 4 aliphatic carbocycles. The number of ether oxygens (including phenoxy) is 2. The molecule has 0 unspecified atom stereocenters. The number of hydrogen-bond acceptors (Lipinski definition) is 4. The number of esters is 2. The van der Waals surface area contributed by atoms with Gasteiger partial charge in [0.15, 0.2) is 0 Å². The fraction of sp³-hybridized carbons (Fsp3) is 0.250. The van der Waals surface area contributed by atoms with Gasteiger partial charge in [-0.25, -0.2) is 9.59 Å². The van der Waals surface area contributed by atoms with Gasteiger partial charge >= 0.3 is 11.9 Å². The molecular weight excluding hydrogens is 352 g/mol. The molecule has 0 radical (unpaired) electrons. The molecule has 28 heavy (non-hydrogen) atoms. The van der Waals surface area contributed by atoms with Crippen LogP contribution in [0.15, 0.2) is 48.6 Å². The van der Waals surface area contributed by atoms with Crippen molar-refractivity contribution in [3.8, 4) is 0 Å². The van der Waals surface area contributed by atoms with E-state index in [2.05, 4.69) is 36.4 Å². The molecule has 0 aromatic heterocycles. The molecule has 6 rings (SSSR count). The lowest BCUT2D eigenvalue weighted by atomic mass is 9.91. The van der Waals surface area contributed by atoms with E-state index in [-0.39, 0.29) is 11.9 Å². The van der Waals surface area contributed by atoms with E-state index in [1.807, 2.05) is 12.2 Å². The van der Waals surface area contributed by atoms with Crippen molar-refractivity contribution >= 4 is 24.1 Å². The zero-order valence-corrected chi connectivity index (χ0v) is 16.2. The summed E-state index contributed by atoms with van der Waals surface area (Å²) in [6.07, 6.45) is 10.1. The quantitative estimate of drug-likeness (QED) is 0.599. The van der Waals surface area contributed by atoms with Crippen LogP contribution in [0.5, 0.6) is 0 Å². The minimum Gasteiger partial charge on any atom is -0.466 e. The number of aryl methyl sites for hydroxylation is 4. The molecule has 2 aromatic carbocycles. The SMILES string of the molecule is COC(=O)/C=C/c1cc2ccc1CCc1ccc(cc1/C=C/C(=O)OC)CC2. The zero-order valence-electron chi connectivity index (χ0n) is 16.2. The first kappa shape index (κ1) is 19.6. The Bertz CT molecular complexity index is 860. The second kappa shape index (κ2) is 9.18. The topological polar surface area (TPSA) is 52.6 Å². The third kappa shape index (κ3) is 4.97. The highest BCUT2D eigenvalue weighted by atomic mass is 16.5. The summed E-state index contributed by atoms with van der Waals surface area (Å²) in [7, 11) is 2.76. The molecule has 4 bridgehead atoms. The van der Waals surface area contributed by atoms with Gasteiger partial charge in [-0.1, -0.05) is 36.4 Å². The van der Waals surface area contributed by atoms with E-state index in [1.165, 1.54) is 48.6 Å². The van der Waals surface area contributed by atoms with E-state index in [0.29, 0.717) is 0 Å². The van der Waals surface area contributed by atoms with Gasteiger partial charge in [-0.15, -0.1) is 0 Å². The van der Waals surface area contributed by atoms with Crippen molar-refractivity contribution < 1.29 is 19.1 Å². The highest BCUT2D eigenvalue weighted by molar-refractivity contribution is 5.87. The fourth-order valence-corrected chi connectivity index (χ4v) is 3.38. The summed E-state index contributed by atoms with van der Waals surface area (Å²) in [5.41, 5.74) is 6.90. The Kier molecular flexibility index (Phi) is 6.43. The Balaban J connectivity index is 1.94. The second-order valence-corrected chi connectivity index (χ2v) is 6.78. The first-order valence-corrected chi connectivity index (χ1v) is 9.34. The van der Waals surface area contributed by atoms with Crippen LogP contribution in [-0.4, -0.2) is 26.2 Å². The fourth-order valence-electron chi connectivity index (χ4n) is 3.38. The van der Waals surface area contributed by atoms with Crippen molar-refractivity contribution in [3.05, 3.63) is 81.9 Å². The maximum Gasteiger partial charge on any atom is 0.330 e. The largest absolute Gasteiger partial charge is 0.466 e. The van der Waals surface area contributed by atoms with Crippen LogP contribution in [0.25, 0.3) is 12.2 Å². The maximum atomic E-state index is 11.5. The second-order valence-electron chi connectivity index (χ2n) is 6.78. The Hall–Kier alpha value is -3.14. The van der Waals surface area contributed by atoms with Gasteiger partial charge in [0.25, 0.3) is 0 Å². The predicted octanol–water partition coefficient (Wildman–Crippen LogP) is 3.94. The summed E-state index contributed by atoms with van der Waals surface area (Å²) in [4.78, 5) is 23.0. The molecule has 0 saturated carbocycles. The number of carbonyl (C=O) groups is 2. The summed E-state index contributed by atoms with van der Waals surface area (Å²) in [5, 5.41) is 0. The van der Waals surface area contributed by atoms with Crippen LogP contribution < -0.4 is 0 Å². The van der Waals surface area contributed by atoms with Gasteiger partial charge < -0.3 is 9.47 Å². The number of benzene rings is 2. The highest BCUT2D eigenvalue weighted by Gasteiger charge is 2.10. The van der Waals surface area contributed by atoms with Crippen molar-refractivity contribution in [1.29, 1.82) is 0 Å². The standard InChI is InChI=1S/C24H24O4/c1-27-23(25)13-11-21-15-17-3-4-18-6-8-20(10-9-19(21)7-5-17)22(16-18)12-14-24(26)28-2/h5-8,11-16H,3-4,9-10H2,1-2H3/b13-11+,14-12+. The molecule has 4 heteroatoms. The van der Waals surface area contributed by atoms with Gasteiger partial charge in [0.05, 0.1) is 14.2 Å². The van der Waals surface area contributed by atoms with Crippen LogP contribution in [0.3, 0.4) is 0 Å². The molecule has 0 aliphatic heterocycles. The summed E-state index contributed by atoms with van der Waals surface area (Å²) >= 11 is 0. The van der Waals surface area contributed by atoms with Crippen LogP contribution >= 0.6 is 0 Å². The van der Waals surface area contributed by atoms with Gasteiger partial charge in [0.1, 0.15) is 0 Å². The van der Waals surface area contributed by atoms with Crippen LogP contribution in [0.1, 0.15) is 33.4 Å². The molecule has 0 spiro atoms. The summed E-state index contributed by atoms with van der Waals surface area (Å²) < 4.78 is 9.42. The lowest BCUT2D eigenvalue weighted by Crippen LogP contribution is -2.03. The Morgan fingerprint density at radius 2 is 1.14 bits per heavy atom. The van der Waals surface area contributed by atoms with Gasteiger partial charge in [-0.05, 0) is 71.2 Å². The van der Waals surface area contributed by atoms with Crippen molar-refractivity contribution in [2.45, 2.75) is 25.7 Å². The maximum absolute atomic E-state index is 11.5. The molecule has 0 fully saturated rings. The molecule has 0 heterocycles. The Morgan fingerprint density at radius 1 is 0.714 bits per heavy atom. The summed E-state index contributed by atoms with van der Waals surface area (Å²) in [5.74, 6) is -0.717. The lowest BCUT2D eigenvalue weighted by Gasteiger charge is -2.14. The van der Waals surface area contributed by atoms with Gasteiger partial charge in [0.2, 0.25) is 0 Å².